The third-order valence-corrected chi connectivity index (χ3v) is 1.46. The first-order chi connectivity index (χ1) is 6.16. The van der Waals surface area contributed by atoms with Gasteiger partial charge in [-0.05, 0) is 6.42 Å². The molecular formula is C6H10O3. The average molecular weight is 135 g/mol. The standard InChI is InChI=1S/C6H10O3/c7-5-3-9-6-4(5)1-2-8-6/h4-7H,1-3H2/t4-,5-,6+/m0/s1/i2D2,3D2,5D. The quantitative estimate of drug-likeness (QED) is 0.497. The van der Waals surface area contributed by atoms with E-state index in [1.54, 1.807) is 0 Å². The van der Waals surface area contributed by atoms with Gasteiger partial charge in [-0.1, -0.05) is 0 Å². The Labute approximate surface area is 60.6 Å². The minimum absolute atomic E-state index is 0.239. The highest BCUT2D eigenvalue weighted by Crippen LogP contribution is 2.30. The normalized spacial score (nSPS) is 77.2. The Hall–Kier alpha value is -0.120. The second-order valence-corrected chi connectivity index (χ2v) is 2.05. The van der Waals surface area contributed by atoms with Crippen molar-refractivity contribution in [1.29, 1.82) is 0 Å². The molecule has 2 aliphatic heterocycles. The Morgan fingerprint density at radius 1 is 1.67 bits per heavy atom. The Morgan fingerprint density at radius 3 is 3.33 bits per heavy atom. The molecule has 0 saturated carbocycles. The van der Waals surface area contributed by atoms with Crippen LogP contribution in [0, 0.1) is 5.92 Å². The summed E-state index contributed by atoms with van der Waals surface area (Å²) < 4.78 is 45.7. The smallest absolute Gasteiger partial charge is 0.163 e. The molecule has 3 heteroatoms. The van der Waals surface area contributed by atoms with E-state index in [0.29, 0.717) is 0 Å². The monoisotopic (exact) mass is 135 g/mol. The highest BCUT2D eigenvalue weighted by Gasteiger charge is 2.40. The molecule has 0 amide bonds. The van der Waals surface area contributed by atoms with E-state index in [9.17, 15) is 5.11 Å². The summed E-state index contributed by atoms with van der Waals surface area (Å²) in [4.78, 5) is 0. The molecule has 0 aliphatic carbocycles. The minimum atomic E-state index is -2.52. The number of fused-ring (bicyclic) bond motifs is 1. The van der Waals surface area contributed by atoms with E-state index in [-0.39, 0.29) is 6.42 Å². The van der Waals surface area contributed by atoms with E-state index in [0.717, 1.165) is 0 Å². The van der Waals surface area contributed by atoms with Crippen LogP contribution in [0.2, 0.25) is 0 Å². The van der Waals surface area contributed by atoms with E-state index in [4.69, 9.17) is 11.6 Å². The average Bonchev–Trinajstić information content (AvgIpc) is 2.30. The van der Waals surface area contributed by atoms with Crippen molar-refractivity contribution in [3.8, 4) is 0 Å². The molecule has 2 aliphatic rings. The molecule has 0 aromatic heterocycles. The van der Waals surface area contributed by atoms with Crippen molar-refractivity contribution in [2.75, 3.05) is 13.1 Å². The number of rotatable bonds is 0. The first-order valence-electron chi connectivity index (χ1n) is 5.24. The molecule has 2 heterocycles. The van der Waals surface area contributed by atoms with Crippen LogP contribution < -0.4 is 0 Å². The Bertz CT molecular complexity index is 266. The number of hydrogen-bond donors (Lipinski definition) is 1. The van der Waals surface area contributed by atoms with Crippen LogP contribution in [0.25, 0.3) is 0 Å². The first-order valence-corrected chi connectivity index (χ1v) is 2.74. The van der Waals surface area contributed by atoms with E-state index < -0.39 is 31.4 Å². The fourth-order valence-corrected chi connectivity index (χ4v) is 0.924. The van der Waals surface area contributed by atoms with Gasteiger partial charge in [0, 0.05) is 5.92 Å². The fraction of sp³-hybridized carbons (Fsp3) is 1.00. The van der Waals surface area contributed by atoms with Crippen LogP contribution in [0.3, 0.4) is 0 Å². The van der Waals surface area contributed by atoms with Gasteiger partial charge in [0.05, 0.1) is 26.1 Å². The van der Waals surface area contributed by atoms with Crippen LogP contribution in [0.5, 0.6) is 0 Å². The zero-order chi connectivity index (χ0) is 10.8. The van der Waals surface area contributed by atoms with E-state index in [1.165, 1.54) is 0 Å². The molecule has 2 saturated heterocycles. The summed E-state index contributed by atoms with van der Waals surface area (Å²) in [5.74, 6) is -0.993. The predicted octanol–water partition coefficient (Wildman–Crippen LogP) is -0.260. The largest absolute Gasteiger partial charge is 0.390 e. The van der Waals surface area contributed by atoms with E-state index in [1.807, 2.05) is 0 Å². The number of aliphatic hydroxyl groups is 1. The maximum atomic E-state index is 9.54. The van der Waals surface area contributed by atoms with Crippen LogP contribution in [-0.2, 0) is 9.47 Å². The zero-order valence-corrected chi connectivity index (χ0v) is 4.63. The van der Waals surface area contributed by atoms with Gasteiger partial charge in [-0.25, -0.2) is 0 Å². The highest BCUT2D eigenvalue weighted by molar-refractivity contribution is 4.81. The van der Waals surface area contributed by atoms with Crippen molar-refractivity contribution in [2.24, 2.45) is 5.92 Å². The van der Waals surface area contributed by atoms with Gasteiger partial charge >= 0.3 is 0 Å². The lowest BCUT2D eigenvalue weighted by atomic mass is 10.0. The molecule has 0 aromatic carbocycles. The molecule has 2 rings (SSSR count). The van der Waals surface area contributed by atoms with Crippen LogP contribution in [0.1, 0.15) is 13.3 Å². The van der Waals surface area contributed by atoms with Crippen LogP contribution in [-0.4, -0.2) is 30.6 Å². The van der Waals surface area contributed by atoms with Crippen molar-refractivity contribution >= 4 is 0 Å². The van der Waals surface area contributed by atoms with Crippen molar-refractivity contribution < 1.29 is 21.4 Å². The lowest BCUT2D eigenvalue weighted by molar-refractivity contribution is -0.0907. The lowest BCUT2D eigenvalue weighted by Gasteiger charge is -2.06. The van der Waals surface area contributed by atoms with Crippen LogP contribution >= 0.6 is 0 Å². The number of hydrogen-bond acceptors (Lipinski definition) is 3. The van der Waals surface area contributed by atoms with Gasteiger partial charge in [0.1, 0.15) is 0 Å². The maximum Gasteiger partial charge on any atom is 0.163 e. The van der Waals surface area contributed by atoms with Gasteiger partial charge in [0.15, 0.2) is 6.29 Å². The second kappa shape index (κ2) is 1.94. The summed E-state index contributed by atoms with van der Waals surface area (Å²) >= 11 is 0. The molecule has 0 bridgehead atoms. The van der Waals surface area contributed by atoms with E-state index in [2.05, 4.69) is 4.74 Å². The summed E-state index contributed by atoms with van der Waals surface area (Å²) in [7, 11) is 0. The SMILES string of the molecule is [2H]C1([2H])C[C@@H]2[C@H](O1)OC([2H])([2H])[C@]2([2H])O. The topological polar surface area (TPSA) is 38.7 Å². The highest BCUT2D eigenvalue weighted by atomic mass is 16.7. The molecule has 52 valence electrons. The van der Waals surface area contributed by atoms with Gasteiger partial charge in [0.25, 0.3) is 0 Å². The first kappa shape index (κ1) is 2.49. The molecule has 1 N–H and O–H groups in total. The lowest BCUT2D eigenvalue weighted by Crippen LogP contribution is -2.18. The molecule has 0 radical (unpaired) electrons. The third kappa shape index (κ3) is 0.764. The van der Waals surface area contributed by atoms with E-state index >= 15 is 0 Å². The third-order valence-electron chi connectivity index (χ3n) is 1.46. The molecule has 0 aromatic rings. The van der Waals surface area contributed by atoms with Gasteiger partial charge < -0.3 is 14.6 Å². The molecule has 0 unspecified atom stereocenters. The molecule has 0 spiro atoms. The summed E-state index contributed by atoms with van der Waals surface area (Å²) in [5.41, 5.74) is 0. The summed E-state index contributed by atoms with van der Waals surface area (Å²) in [6, 6.07) is 0. The molecule has 3 atom stereocenters. The molecular weight excluding hydrogens is 120 g/mol. The summed E-state index contributed by atoms with van der Waals surface area (Å²) in [6.45, 7) is -4.47. The fourth-order valence-electron chi connectivity index (χ4n) is 0.924. The minimum Gasteiger partial charge on any atom is -0.390 e. The van der Waals surface area contributed by atoms with Crippen LogP contribution in [0.15, 0.2) is 0 Å². The van der Waals surface area contributed by atoms with Crippen LogP contribution in [0.4, 0.5) is 0 Å². The van der Waals surface area contributed by atoms with Crippen molar-refractivity contribution in [3.63, 3.8) is 0 Å². The molecule has 9 heavy (non-hydrogen) atoms. The molecule has 2 fully saturated rings. The van der Waals surface area contributed by atoms with Crippen molar-refractivity contribution in [1.82, 2.24) is 0 Å². The number of ether oxygens (including phenoxy) is 2. The Balaban J connectivity index is 2.27. The second-order valence-electron chi connectivity index (χ2n) is 2.05. The van der Waals surface area contributed by atoms with Crippen molar-refractivity contribution in [3.05, 3.63) is 0 Å². The van der Waals surface area contributed by atoms with Gasteiger partial charge in [0.2, 0.25) is 0 Å². The summed E-state index contributed by atoms with van der Waals surface area (Å²) in [6.07, 6.45) is -3.87. The summed E-state index contributed by atoms with van der Waals surface area (Å²) in [5, 5.41) is 9.54. The Morgan fingerprint density at radius 2 is 2.56 bits per heavy atom. The van der Waals surface area contributed by atoms with Gasteiger partial charge in [-0.3, -0.25) is 0 Å². The Kier molecular flexibility index (Phi) is 0.536. The van der Waals surface area contributed by atoms with Crippen molar-refractivity contribution in [2.45, 2.75) is 18.8 Å². The van der Waals surface area contributed by atoms with Gasteiger partial charge in [-0.15, -0.1) is 0 Å². The maximum absolute atomic E-state index is 9.54. The predicted molar refractivity (Wildman–Crippen MR) is 29.8 cm³/mol. The molecule has 3 nitrogen and oxygen atoms in total. The zero-order valence-electron chi connectivity index (χ0n) is 9.63. The van der Waals surface area contributed by atoms with Gasteiger partial charge in [-0.2, -0.15) is 0 Å².